The lowest BCUT2D eigenvalue weighted by Crippen LogP contribution is -2.54. The maximum atomic E-state index is 10.3. The summed E-state index contributed by atoms with van der Waals surface area (Å²) < 4.78 is 0. The fourth-order valence-corrected chi connectivity index (χ4v) is 9.83. The van der Waals surface area contributed by atoms with Crippen LogP contribution in [0.3, 0.4) is 0 Å². The Hall–Kier alpha value is -0.0400. The SMILES string of the molecule is CC(C)[C@H](C)[C@H](C)C[C@@H](C)[C@H]1CC[C@H]2[C@@H]3CC[C@@H]4C[C@@H](O)CC[C@]4(C)[C@H]3CC[C@]12C. The average Bonchev–Trinajstić information content (AvgIpc) is 3.05. The number of rotatable bonds is 5. The van der Waals surface area contributed by atoms with Crippen LogP contribution < -0.4 is 0 Å². The minimum atomic E-state index is -0.0135. The Labute approximate surface area is 188 Å². The van der Waals surface area contributed by atoms with Crippen molar-refractivity contribution in [3.63, 3.8) is 0 Å². The van der Waals surface area contributed by atoms with Crippen molar-refractivity contribution in [2.24, 2.45) is 64.1 Å². The van der Waals surface area contributed by atoms with Gasteiger partial charge in [-0.1, -0.05) is 48.5 Å². The minimum absolute atomic E-state index is 0.0135. The molecule has 1 heteroatoms. The van der Waals surface area contributed by atoms with Gasteiger partial charge in [0.05, 0.1) is 6.10 Å². The zero-order valence-corrected chi connectivity index (χ0v) is 21.3. The molecular formula is C29H52O. The highest BCUT2D eigenvalue weighted by Crippen LogP contribution is 2.68. The fraction of sp³-hybridized carbons (Fsp3) is 1.00. The average molecular weight is 417 g/mol. The van der Waals surface area contributed by atoms with E-state index >= 15 is 0 Å². The van der Waals surface area contributed by atoms with Crippen molar-refractivity contribution >= 4 is 0 Å². The van der Waals surface area contributed by atoms with E-state index in [1.165, 1.54) is 51.4 Å². The molecule has 4 aliphatic rings. The predicted octanol–water partition coefficient (Wildman–Crippen LogP) is 7.96. The number of hydrogen-bond acceptors (Lipinski definition) is 1. The van der Waals surface area contributed by atoms with Gasteiger partial charge in [0.2, 0.25) is 0 Å². The Morgan fingerprint density at radius 1 is 0.800 bits per heavy atom. The van der Waals surface area contributed by atoms with Crippen LogP contribution in [0.4, 0.5) is 0 Å². The van der Waals surface area contributed by atoms with Gasteiger partial charge < -0.3 is 5.11 Å². The lowest BCUT2D eigenvalue weighted by Gasteiger charge is -2.61. The molecule has 0 saturated heterocycles. The molecule has 0 heterocycles. The maximum Gasteiger partial charge on any atom is 0.0543 e. The first-order valence-corrected chi connectivity index (χ1v) is 13.8. The van der Waals surface area contributed by atoms with E-state index in [2.05, 4.69) is 48.5 Å². The molecule has 0 aromatic carbocycles. The first kappa shape index (κ1) is 23.1. The normalized spacial score (nSPS) is 49.1. The molecule has 0 spiro atoms. The predicted molar refractivity (Wildman–Crippen MR) is 128 cm³/mol. The molecule has 0 radical (unpaired) electrons. The molecule has 0 aromatic rings. The molecule has 4 aliphatic carbocycles. The van der Waals surface area contributed by atoms with Crippen molar-refractivity contribution in [1.82, 2.24) is 0 Å². The molecular weight excluding hydrogens is 364 g/mol. The van der Waals surface area contributed by atoms with Crippen molar-refractivity contribution in [2.45, 2.75) is 119 Å². The van der Waals surface area contributed by atoms with E-state index in [1.807, 2.05) is 0 Å². The first-order chi connectivity index (χ1) is 14.1. The van der Waals surface area contributed by atoms with Crippen LogP contribution in [-0.2, 0) is 0 Å². The molecule has 0 unspecified atom stereocenters. The van der Waals surface area contributed by atoms with E-state index in [-0.39, 0.29) is 6.10 Å². The molecule has 0 bridgehead atoms. The molecule has 0 aliphatic heterocycles. The van der Waals surface area contributed by atoms with Crippen molar-refractivity contribution < 1.29 is 5.11 Å². The van der Waals surface area contributed by atoms with Gasteiger partial charge in [0.15, 0.2) is 0 Å². The second-order valence-electron chi connectivity index (χ2n) is 13.6. The van der Waals surface area contributed by atoms with Crippen molar-refractivity contribution in [3.8, 4) is 0 Å². The Bertz CT molecular complexity index is 597. The van der Waals surface area contributed by atoms with E-state index in [1.54, 1.807) is 0 Å². The highest BCUT2D eigenvalue weighted by molar-refractivity contribution is 5.09. The topological polar surface area (TPSA) is 20.2 Å². The van der Waals surface area contributed by atoms with E-state index in [4.69, 9.17) is 0 Å². The quantitative estimate of drug-likeness (QED) is 0.482. The van der Waals surface area contributed by atoms with Crippen LogP contribution in [0.15, 0.2) is 0 Å². The standard InChI is InChI=1S/C29H52O/c1-18(2)21(5)19(3)16-20(4)25-10-11-26-24-9-8-22-17-23(30)12-14-28(22,6)27(24)13-15-29(25,26)7/h18-27,30H,8-17H2,1-7H3/t19-,20-,21+,22-,23+,24+,25-,26+,27+,28+,29-/m1/s1. The van der Waals surface area contributed by atoms with Crippen LogP contribution >= 0.6 is 0 Å². The molecule has 0 aromatic heterocycles. The summed E-state index contributed by atoms with van der Waals surface area (Å²) in [6, 6.07) is 0. The van der Waals surface area contributed by atoms with Gasteiger partial charge >= 0.3 is 0 Å². The third-order valence-electron chi connectivity index (χ3n) is 12.1. The van der Waals surface area contributed by atoms with Crippen molar-refractivity contribution in [2.75, 3.05) is 0 Å². The Morgan fingerprint density at radius 2 is 1.47 bits per heavy atom. The summed E-state index contributed by atoms with van der Waals surface area (Å²) in [4.78, 5) is 0. The highest BCUT2D eigenvalue weighted by atomic mass is 16.3. The molecule has 1 nitrogen and oxygen atoms in total. The summed E-state index contributed by atoms with van der Waals surface area (Å²) in [5.74, 6) is 8.01. The van der Waals surface area contributed by atoms with Crippen LogP contribution in [0.2, 0.25) is 0 Å². The number of fused-ring (bicyclic) bond motifs is 5. The minimum Gasteiger partial charge on any atom is -0.393 e. The van der Waals surface area contributed by atoms with Crippen LogP contribution in [-0.4, -0.2) is 11.2 Å². The van der Waals surface area contributed by atoms with E-state index in [0.29, 0.717) is 10.8 Å². The maximum absolute atomic E-state index is 10.3. The number of hydrogen-bond donors (Lipinski definition) is 1. The zero-order valence-electron chi connectivity index (χ0n) is 21.3. The summed E-state index contributed by atoms with van der Waals surface area (Å²) >= 11 is 0. The summed E-state index contributed by atoms with van der Waals surface area (Å²) in [7, 11) is 0. The van der Waals surface area contributed by atoms with Crippen LogP contribution in [0.1, 0.15) is 113 Å². The molecule has 30 heavy (non-hydrogen) atoms. The number of aliphatic hydroxyl groups excluding tert-OH is 1. The summed E-state index contributed by atoms with van der Waals surface area (Å²) in [6.07, 6.45) is 13.7. The third kappa shape index (κ3) is 3.72. The van der Waals surface area contributed by atoms with Gasteiger partial charge in [-0.2, -0.15) is 0 Å². The lowest BCUT2D eigenvalue weighted by atomic mass is 9.44. The summed E-state index contributed by atoms with van der Waals surface area (Å²) in [6.45, 7) is 17.8. The fourth-order valence-electron chi connectivity index (χ4n) is 9.83. The Morgan fingerprint density at radius 3 is 2.17 bits per heavy atom. The number of aliphatic hydroxyl groups is 1. The van der Waals surface area contributed by atoms with Gasteiger partial charge in [0.1, 0.15) is 0 Å². The van der Waals surface area contributed by atoms with Crippen LogP contribution in [0.25, 0.3) is 0 Å². The third-order valence-corrected chi connectivity index (χ3v) is 12.1. The van der Waals surface area contributed by atoms with Gasteiger partial charge in [-0.05, 0) is 128 Å². The van der Waals surface area contributed by atoms with Gasteiger partial charge in [-0.15, -0.1) is 0 Å². The van der Waals surface area contributed by atoms with E-state index in [9.17, 15) is 5.11 Å². The van der Waals surface area contributed by atoms with E-state index in [0.717, 1.165) is 66.1 Å². The van der Waals surface area contributed by atoms with Gasteiger partial charge in [-0.3, -0.25) is 0 Å². The molecule has 4 rings (SSSR count). The first-order valence-electron chi connectivity index (χ1n) is 13.8. The van der Waals surface area contributed by atoms with Crippen LogP contribution in [0, 0.1) is 64.1 Å². The van der Waals surface area contributed by atoms with Gasteiger partial charge in [-0.25, -0.2) is 0 Å². The van der Waals surface area contributed by atoms with Gasteiger partial charge in [0.25, 0.3) is 0 Å². The lowest BCUT2D eigenvalue weighted by molar-refractivity contribution is -0.129. The second kappa shape index (κ2) is 8.39. The summed E-state index contributed by atoms with van der Waals surface area (Å²) in [5, 5.41) is 10.3. The molecule has 1 N–H and O–H groups in total. The Kier molecular flexibility index (Phi) is 6.47. The molecule has 0 amide bonds. The van der Waals surface area contributed by atoms with E-state index < -0.39 is 0 Å². The summed E-state index contributed by atoms with van der Waals surface area (Å²) in [5.41, 5.74) is 1.12. The molecule has 4 saturated carbocycles. The monoisotopic (exact) mass is 416 g/mol. The van der Waals surface area contributed by atoms with Crippen molar-refractivity contribution in [1.29, 1.82) is 0 Å². The second-order valence-corrected chi connectivity index (χ2v) is 13.6. The van der Waals surface area contributed by atoms with Crippen molar-refractivity contribution in [3.05, 3.63) is 0 Å². The zero-order chi connectivity index (χ0) is 21.8. The smallest absolute Gasteiger partial charge is 0.0543 e. The highest BCUT2D eigenvalue weighted by Gasteiger charge is 2.60. The largest absolute Gasteiger partial charge is 0.393 e. The van der Waals surface area contributed by atoms with Crippen LogP contribution in [0.5, 0.6) is 0 Å². The van der Waals surface area contributed by atoms with Gasteiger partial charge in [0, 0.05) is 0 Å². The molecule has 174 valence electrons. The molecule has 4 fully saturated rings. The Balaban J connectivity index is 1.47. The molecule has 11 atom stereocenters.